The molecule has 0 aliphatic carbocycles. The molecule has 0 saturated heterocycles. The van der Waals surface area contributed by atoms with Crippen molar-refractivity contribution < 1.29 is 16.5 Å². The van der Waals surface area contributed by atoms with Crippen molar-refractivity contribution >= 4 is 26.5 Å². The van der Waals surface area contributed by atoms with Gasteiger partial charge in [-0.05, 0) is 35.3 Å². The molecule has 0 heterocycles. The van der Waals surface area contributed by atoms with Crippen LogP contribution in [0.15, 0.2) is 24.3 Å². The number of benzene rings is 1. The van der Waals surface area contributed by atoms with Crippen LogP contribution in [0.1, 0.15) is 27.7 Å². The van der Waals surface area contributed by atoms with Gasteiger partial charge in [-0.1, -0.05) is 67.8 Å². The van der Waals surface area contributed by atoms with E-state index in [-0.39, 0.29) is 32.3 Å². The largest absolute Gasteiger partial charge is 0.0752 e. The van der Waals surface area contributed by atoms with Crippen molar-refractivity contribution in [3.8, 4) is 0 Å². The Bertz CT molecular complexity index is 276. The van der Waals surface area contributed by atoms with Gasteiger partial charge in [0.05, 0.1) is 0 Å². The van der Waals surface area contributed by atoms with Gasteiger partial charge in [0.1, 0.15) is 0 Å². The third kappa shape index (κ3) is 4.63. The molecule has 0 N–H and O–H groups in total. The van der Waals surface area contributed by atoms with Crippen LogP contribution in [0.5, 0.6) is 0 Å². The SMILES string of the molecule is CCP(CC)c1ccccc1P(CC)CC.[Ni]. The predicted molar refractivity (Wildman–Crippen MR) is 81.7 cm³/mol. The minimum absolute atomic E-state index is 0. The standard InChI is InChI=1S/C14H24P2.Ni/c1-5-15(6-2)13-11-9-10-12-14(13)16(7-3)8-4;/h9-12H,5-8H2,1-4H3;. The van der Waals surface area contributed by atoms with E-state index in [2.05, 4.69) is 52.0 Å². The number of rotatable bonds is 6. The molecule has 17 heavy (non-hydrogen) atoms. The summed E-state index contributed by atoms with van der Waals surface area (Å²) in [5, 5.41) is 3.38. The van der Waals surface area contributed by atoms with E-state index in [1.54, 1.807) is 10.6 Å². The summed E-state index contributed by atoms with van der Waals surface area (Å²) >= 11 is 0. The molecular formula is C14H24NiP2. The molecule has 1 rings (SSSR count). The first-order valence-electron chi connectivity index (χ1n) is 6.37. The van der Waals surface area contributed by atoms with Crippen molar-refractivity contribution in [2.24, 2.45) is 0 Å². The van der Waals surface area contributed by atoms with Gasteiger partial charge < -0.3 is 0 Å². The second-order valence-electron chi connectivity index (χ2n) is 3.83. The molecule has 0 fully saturated rings. The Labute approximate surface area is 119 Å². The average Bonchev–Trinajstić information content (AvgIpc) is 2.34. The van der Waals surface area contributed by atoms with Crippen molar-refractivity contribution in [2.75, 3.05) is 24.6 Å². The molecule has 0 aliphatic rings. The maximum absolute atomic E-state index is 2.38. The summed E-state index contributed by atoms with van der Waals surface area (Å²) in [5.41, 5.74) is 0. The van der Waals surface area contributed by atoms with Gasteiger partial charge in [-0.3, -0.25) is 0 Å². The zero-order valence-corrected chi connectivity index (χ0v) is 14.1. The molecule has 0 saturated carbocycles. The van der Waals surface area contributed by atoms with E-state index in [0.717, 1.165) is 0 Å². The van der Waals surface area contributed by atoms with Crippen molar-refractivity contribution in [1.82, 2.24) is 0 Å². The van der Waals surface area contributed by atoms with E-state index in [1.165, 1.54) is 24.6 Å². The van der Waals surface area contributed by atoms with Crippen LogP contribution in [0.25, 0.3) is 0 Å². The van der Waals surface area contributed by atoms with Crippen LogP contribution in [0.3, 0.4) is 0 Å². The Balaban J connectivity index is 0.00000256. The minimum atomic E-state index is 0. The molecular weight excluding hydrogens is 289 g/mol. The van der Waals surface area contributed by atoms with Crippen molar-refractivity contribution in [2.45, 2.75) is 27.7 Å². The van der Waals surface area contributed by atoms with Crippen molar-refractivity contribution in [1.29, 1.82) is 0 Å². The molecule has 0 aliphatic heterocycles. The van der Waals surface area contributed by atoms with E-state index < -0.39 is 0 Å². The molecule has 0 nitrogen and oxygen atoms in total. The van der Waals surface area contributed by atoms with Gasteiger partial charge >= 0.3 is 0 Å². The fourth-order valence-corrected chi connectivity index (χ4v) is 6.62. The molecule has 1 aromatic carbocycles. The fourth-order valence-electron chi connectivity index (χ4n) is 2.13. The zero-order valence-electron chi connectivity index (χ0n) is 11.3. The van der Waals surface area contributed by atoms with Gasteiger partial charge in [0, 0.05) is 16.5 Å². The van der Waals surface area contributed by atoms with E-state index in [4.69, 9.17) is 0 Å². The van der Waals surface area contributed by atoms with Crippen molar-refractivity contribution in [3.63, 3.8) is 0 Å². The summed E-state index contributed by atoms with van der Waals surface area (Å²) < 4.78 is 0. The Kier molecular flexibility index (Phi) is 9.82. The molecule has 1 aromatic rings. The molecule has 0 bridgehead atoms. The van der Waals surface area contributed by atoms with Crippen LogP contribution in [0.4, 0.5) is 0 Å². The smallest absolute Gasteiger partial charge is 0 e. The third-order valence-corrected chi connectivity index (χ3v) is 8.46. The summed E-state index contributed by atoms with van der Waals surface area (Å²) in [6.07, 6.45) is 5.33. The van der Waals surface area contributed by atoms with Crippen LogP contribution in [0, 0.1) is 0 Å². The van der Waals surface area contributed by atoms with Crippen molar-refractivity contribution in [3.05, 3.63) is 24.3 Å². The molecule has 0 amide bonds. The molecule has 0 atom stereocenters. The van der Waals surface area contributed by atoms with Gasteiger partial charge in [-0.2, -0.15) is 0 Å². The van der Waals surface area contributed by atoms with Crippen LogP contribution in [-0.4, -0.2) is 24.6 Å². The Morgan fingerprint density at radius 3 is 1.24 bits per heavy atom. The second-order valence-corrected chi connectivity index (χ2v) is 9.49. The third-order valence-electron chi connectivity index (χ3n) is 3.09. The summed E-state index contributed by atoms with van der Waals surface area (Å²) in [5.74, 6) is 0. The van der Waals surface area contributed by atoms with Gasteiger partial charge in [0.2, 0.25) is 0 Å². The summed E-state index contributed by atoms with van der Waals surface area (Å²) in [7, 11) is 0.200. The molecule has 3 heteroatoms. The van der Waals surface area contributed by atoms with Crippen LogP contribution in [-0.2, 0) is 16.5 Å². The first-order valence-corrected chi connectivity index (χ1v) is 9.79. The Morgan fingerprint density at radius 1 is 0.706 bits per heavy atom. The first-order chi connectivity index (χ1) is 7.78. The number of hydrogen-bond acceptors (Lipinski definition) is 0. The van der Waals surface area contributed by atoms with Gasteiger partial charge in [0.15, 0.2) is 0 Å². The predicted octanol–water partition coefficient (Wildman–Crippen LogP) is 3.98. The van der Waals surface area contributed by atoms with Gasteiger partial charge in [0.25, 0.3) is 0 Å². The van der Waals surface area contributed by atoms with Crippen LogP contribution >= 0.6 is 15.8 Å². The van der Waals surface area contributed by atoms with Crippen LogP contribution < -0.4 is 10.6 Å². The first kappa shape index (κ1) is 17.6. The zero-order chi connectivity index (χ0) is 12.0. The van der Waals surface area contributed by atoms with E-state index in [0.29, 0.717) is 0 Å². The monoisotopic (exact) mass is 312 g/mol. The van der Waals surface area contributed by atoms with E-state index in [1.807, 2.05) is 0 Å². The Hall–Kier alpha value is 0.574. The summed E-state index contributed by atoms with van der Waals surface area (Å²) in [4.78, 5) is 0. The fraction of sp³-hybridized carbons (Fsp3) is 0.571. The minimum Gasteiger partial charge on any atom is -0.0752 e. The van der Waals surface area contributed by atoms with E-state index in [9.17, 15) is 0 Å². The maximum atomic E-state index is 2.38. The number of hydrogen-bond donors (Lipinski definition) is 0. The molecule has 0 radical (unpaired) electrons. The quantitative estimate of drug-likeness (QED) is 0.550. The second kappa shape index (κ2) is 9.50. The molecule has 0 unspecified atom stereocenters. The molecule has 0 spiro atoms. The van der Waals surface area contributed by atoms with Gasteiger partial charge in [-0.25, -0.2) is 0 Å². The normalized spacial score (nSPS) is 10.7. The molecule has 0 aromatic heterocycles. The average molecular weight is 313 g/mol. The maximum Gasteiger partial charge on any atom is 0 e. The summed E-state index contributed by atoms with van der Waals surface area (Å²) in [6, 6.07) is 9.21. The van der Waals surface area contributed by atoms with Gasteiger partial charge in [-0.15, -0.1) is 0 Å². The molecule has 100 valence electrons. The summed E-state index contributed by atoms with van der Waals surface area (Å²) in [6.45, 7) is 9.36. The van der Waals surface area contributed by atoms with Crippen LogP contribution in [0.2, 0.25) is 0 Å². The Morgan fingerprint density at radius 2 is 1.00 bits per heavy atom. The topological polar surface area (TPSA) is 0 Å². The van der Waals surface area contributed by atoms with E-state index >= 15 is 0 Å².